The van der Waals surface area contributed by atoms with E-state index in [1.807, 2.05) is 11.0 Å². The van der Waals surface area contributed by atoms with E-state index < -0.39 is 0 Å². The Balaban J connectivity index is 1.49. The van der Waals surface area contributed by atoms with Crippen LogP contribution < -0.4 is 10.6 Å². The summed E-state index contributed by atoms with van der Waals surface area (Å²) in [5.74, 6) is 0.129. The second kappa shape index (κ2) is 10.2. The molecule has 0 unspecified atom stereocenters. The molecule has 3 amide bonds. The van der Waals surface area contributed by atoms with Crippen LogP contribution >= 0.6 is 0 Å². The molecule has 152 valence electrons. The van der Waals surface area contributed by atoms with Gasteiger partial charge in [0.2, 0.25) is 11.8 Å². The lowest BCUT2D eigenvalue weighted by molar-refractivity contribution is -0.130. The molecule has 1 aliphatic heterocycles. The lowest BCUT2D eigenvalue weighted by atomic mass is 9.88. The number of benzene rings is 1. The molecule has 28 heavy (non-hydrogen) atoms. The Kier molecular flexibility index (Phi) is 7.46. The van der Waals surface area contributed by atoms with Gasteiger partial charge in [-0.3, -0.25) is 14.4 Å². The van der Waals surface area contributed by atoms with E-state index in [1.165, 1.54) is 6.42 Å². The van der Waals surface area contributed by atoms with E-state index in [-0.39, 0.29) is 23.6 Å². The summed E-state index contributed by atoms with van der Waals surface area (Å²) in [6.45, 7) is 1.75. The first-order valence-corrected chi connectivity index (χ1v) is 10.6. The summed E-state index contributed by atoms with van der Waals surface area (Å²) >= 11 is 0. The standard InChI is InChI=1S/C22H31N3O3/c26-20-12-5-2-6-14-25(20)15-13-23-21(27)18-10-7-11-19(16-18)24-22(28)17-8-3-1-4-9-17/h7,10-11,16-17H,1-6,8-9,12-15H2,(H,23,27)(H,24,28). The fourth-order valence-electron chi connectivity index (χ4n) is 4.03. The topological polar surface area (TPSA) is 78.5 Å². The predicted octanol–water partition coefficient (Wildman–Crippen LogP) is 3.34. The molecule has 0 atom stereocenters. The average molecular weight is 386 g/mol. The fraction of sp³-hybridized carbons (Fsp3) is 0.591. The van der Waals surface area contributed by atoms with Gasteiger partial charge >= 0.3 is 0 Å². The first kappa shape index (κ1) is 20.4. The summed E-state index contributed by atoms with van der Waals surface area (Å²) in [5, 5.41) is 5.84. The van der Waals surface area contributed by atoms with Gasteiger partial charge in [0, 0.05) is 43.2 Å². The summed E-state index contributed by atoms with van der Waals surface area (Å²) < 4.78 is 0. The van der Waals surface area contributed by atoms with E-state index in [4.69, 9.17) is 0 Å². The van der Waals surface area contributed by atoms with Crippen molar-refractivity contribution >= 4 is 23.4 Å². The van der Waals surface area contributed by atoms with Crippen molar-refractivity contribution in [2.24, 2.45) is 5.92 Å². The van der Waals surface area contributed by atoms with Crippen LogP contribution in [0.3, 0.4) is 0 Å². The van der Waals surface area contributed by atoms with E-state index in [0.29, 0.717) is 30.8 Å². The van der Waals surface area contributed by atoms with Crippen molar-refractivity contribution in [3.05, 3.63) is 29.8 Å². The number of carbonyl (C=O) groups is 3. The van der Waals surface area contributed by atoms with Gasteiger partial charge in [-0.1, -0.05) is 31.7 Å². The molecule has 2 fully saturated rings. The predicted molar refractivity (Wildman–Crippen MR) is 109 cm³/mol. The molecular formula is C22H31N3O3. The second-order valence-corrected chi connectivity index (χ2v) is 7.85. The summed E-state index contributed by atoms with van der Waals surface area (Å²) in [6.07, 6.45) is 9.01. The Morgan fingerprint density at radius 2 is 1.82 bits per heavy atom. The third-order valence-electron chi connectivity index (χ3n) is 5.71. The highest BCUT2D eigenvalue weighted by Gasteiger charge is 2.21. The minimum atomic E-state index is -0.184. The van der Waals surface area contributed by atoms with Gasteiger partial charge < -0.3 is 15.5 Å². The number of nitrogens with one attached hydrogen (secondary N) is 2. The molecule has 2 aliphatic rings. The third kappa shape index (κ3) is 5.81. The van der Waals surface area contributed by atoms with E-state index in [0.717, 1.165) is 51.5 Å². The number of hydrogen-bond donors (Lipinski definition) is 2. The zero-order valence-corrected chi connectivity index (χ0v) is 16.5. The van der Waals surface area contributed by atoms with Crippen molar-refractivity contribution in [3.63, 3.8) is 0 Å². The quantitative estimate of drug-likeness (QED) is 0.788. The van der Waals surface area contributed by atoms with Crippen LogP contribution in [-0.4, -0.2) is 42.3 Å². The lowest BCUT2D eigenvalue weighted by Crippen LogP contribution is -2.38. The van der Waals surface area contributed by atoms with E-state index in [2.05, 4.69) is 10.6 Å². The molecule has 0 bridgehead atoms. The molecule has 1 saturated heterocycles. The molecule has 1 aromatic rings. The van der Waals surface area contributed by atoms with Crippen LogP contribution in [0, 0.1) is 5.92 Å². The Labute approximate surface area is 167 Å². The van der Waals surface area contributed by atoms with Crippen LogP contribution in [-0.2, 0) is 9.59 Å². The van der Waals surface area contributed by atoms with E-state index in [9.17, 15) is 14.4 Å². The van der Waals surface area contributed by atoms with E-state index in [1.54, 1.807) is 18.2 Å². The summed E-state index contributed by atoms with van der Waals surface area (Å²) in [6, 6.07) is 7.05. The first-order chi connectivity index (χ1) is 13.6. The maximum Gasteiger partial charge on any atom is 0.251 e. The van der Waals surface area contributed by atoms with Crippen LogP contribution in [0.15, 0.2) is 24.3 Å². The summed E-state index contributed by atoms with van der Waals surface area (Å²) in [4.78, 5) is 38.7. The van der Waals surface area contributed by atoms with Crippen molar-refractivity contribution in [1.29, 1.82) is 0 Å². The number of amides is 3. The smallest absolute Gasteiger partial charge is 0.251 e. The normalized spacial score (nSPS) is 18.4. The largest absolute Gasteiger partial charge is 0.350 e. The van der Waals surface area contributed by atoms with Gasteiger partial charge in [-0.15, -0.1) is 0 Å². The van der Waals surface area contributed by atoms with Gasteiger partial charge in [-0.25, -0.2) is 0 Å². The van der Waals surface area contributed by atoms with Crippen LogP contribution in [0.4, 0.5) is 5.69 Å². The number of nitrogens with zero attached hydrogens (tertiary/aromatic N) is 1. The molecule has 1 saturated carbocycles. The highest BCUT2D eigenvalue weighted by molar-refractivity contribution is 5.97. The van der Waals surface area contributed by atoms with Crippen LogP contribution in [0.2, 0.25) is 0 Å². The zero-order valence-electron chi connectivity index (χ0n) is 16.5. The Hall–Kier alpha value is -2.37. The molecule has 1 aromatic carbocycles. The minimum Gasteiger partial charge on any atom is -0.350 e. The van der Waals surface area contributed by atoms with Crippen molar-refractivity contribution < 1.29 is 14.4 Å². The number of anilines is 1. The molecule has 2 N–H and O–H groups in total. The first-order valence-electron chi connectivity index (χ1n) is 10.6. The minimum absolute atomic E-state index is 0.0527. The van der Waals surface area contributed by atoms with Gasteiger partial charge in [0.15, 0.2) is 0 Å². The monoisotopic (exact) mass is 385 g/mol. The van der Waals surface area contributed by atoms with Crippen molar-refractivity contribution in [1.82, 2.24) is 10.2 Å². The molecule has 0 radical (unpaired) electrons. The maximum atomic E-state index is 12.4. The zero-order chi connectivity index (χ0) is 19.8. The third-order valence-corrected chi connectivity index (χ3v) is 5.71. The van der Waals surface area contributed by atoms with Gasteiger partial charge in [-0.2, -0.15) is 0 Å². The number of rotatable bonds is 6. The molecule has 6 nitrogen and oxygen atoms in total. The van der Waals surface area contributed by atoms with E-state index >= 15 is 0 Å². The molecular weight excluding hydrogens is 354 g/mol. The second-order valence-electron chi connectivity index (χ2n) is 7.85. The average Bonchev–Trinajstić information content (AvgIpc) is 2.93. The van der Waals surface area contributed by atoms with Crippen molar-refractivity contribution in [2.75, 3.05) is 25.0 Å². The van der Waals surface area contributed by atoms with Gasteiger partial charge in [0.25, 0.3) is 5.91 Å². The van der Waals surface area contributed by atoms with Crippen molar-refractivity contribution in [3.8, 4) is 0 Å². The van der Waals surface area contributed by atoms with Gasteiger partial charge in [0.1, 0.15) is 0 Å². The van der Waals surface area contributed by atoms with Crippen molar-refractivity contribution in [2.45, 2.75) is 57.8 Å². The van der Waals surface area contributed by atoms with Crippen LogP contribution in [0.5, 0.6) is 0 Å². The van der Waals surface area contributed by atoms with Gasteiger partial charge in [0.05, 0.1) is 0 Å². The highest BCUT2D eigenvalue weighted by Crippen LogP contribution is 2.25. The molecule has 0 spiro atoms. The van der Waals surface area contributed by atoms with Crippen LogP contribution in [0.25, 0.3) is 0 Å². The molecule has 0 aromatic heterocycles. The number of hydrogen-bond acceptors (Lipinski definition) is 3. The van der Waals surface area contributed by atoms with Crippen LogP contribution in [0.1, 0.15) is 68.1 Å². The molecule has 1 aliphatic carbocycles. The molecule has 3 rings (SSSR count). The molecule has 6 heteroatoms. The Morgan fingerprint density at radius 3 is 2.64 bits per heavy atom. The number of carbonyl (C=O) groups excluding carboxylic acids is 3. The number of likely N-dealkylation sites (tertiary alicyclic amines) is 1. The maximum absolute atomic E-state index is 12.4. The van der Waals surface area contributed by atoms with Gasteiger partial charge in [-0.05, 0) is 43.9 Å². The molecule has 1 heterocycles. The summed E-state index contributed by atoms with van der Waals surface area (Å²) in [7, 11) is 0. The Morgan fingerprint density at radius 1 is 1.04 bits per heavy atom. The highest BCUT2D eigenvalue weighted by atomic mass is 16.2. The summed E-state index contributed by atoms with van der Waals surface area (Å²) in [5.41, 5.74) is 1.18. The lowest BCUT2D eigenvalue weighted by Gasteiger charge is -2.21. The Bertz CT molecular complexity index is 698. The SMILES string of the molecule is O=C(NCCN1CCCCCC1=O)c1cccc(NC(=O)C2CCCCC2)c1. The fourth-order valence-corrected chi connectivity index (χ4v) is 4.03.